The van der Waals surface area contributed by atoms with Gasteiger partial charge in [0.15, 0.2) is 0 Å². The van der Waals surface area contributed by atoms with Crippen LogP contribution in [0.1, 0.15) is 33.3 Å². The molecular formula is C24H27N3O2. The zero-order valence-corrected chi connectivity index (χ0v) is 17.2. The van der Waals surface area contributed by atoms with E-state index in [9.17, 15) is 5.11 Å². The molecule has 0 fully saturated rings. The largest absolute Gasteiger partial charge is 0.491 e. The van der Waals surface area contributed by atoms with Gasteiger partial charge >= 0.3 is 0 Å². The minimum absolute atomic E-state index is 0.124. The number of ether oxygens (including phenoxy) is 1. The van der Waals surface area contributed by atoms with E-state index in [1.807, 2.05) is 80.6 Å². The first-order valence-corrected chi connectivity index (χ1v) is 9.65. The fourth-order valence-corrected chi connectivity index (χ4v) is 3.04. The van der Waals surface area contributed by atoms with E-state index in [0.29, 0.717) is 5.69 Å². The number of hydrogen-bond donors (Lipinski definition) is 3. The average Bonchev–Trinajstić information content (AvgIpc) is 2.68. The zero-order chi connectivity index (χ0) is 21.0. The van der Waals surface area contributed by atoms with E-state index >= 15 is 0 Å². The van der Waals surface area contributed by atoms with Gasteiger partial charge in [-0.25, -0.2) is 5.53 Å². The Morgan fingerprint density at radius 3 is 2.28 bits per heavy atom. The monoisotopic (exact) mass is 389 g/mol. The van der Waals surface area contributed by atoms with Crippen LogP contribution in [0.25, 0.3) is 11.1 Å². The minimum atomic E-state index is -0.909. The maximum atomic E-state index is 10.3. The van der Waals surface area contributed by atoms with Crippen molar-refractivity contribution < 1.29 is 9.84 Å². The molecule has 0 heterocycles. The Kier molecular flexibility index (Phi) is 5.99. The van der Waals surface area contributed by atoms with Crippen LogP contribution in [0.15, 0.2) is 71.8 Å². The molecule has 150 valence electrons. The number of hydrogen-bond acceptors (Lipinski definition) is 5. The molecule has 29 heavy (non-hydrogen) atoms. The first-order valence-electron chi connectivity index (χ1n) is 9.65. The Morgan fingerprint density at radius 2 is 1.66 bits per heavy atom. The summed E-state index contributed by atoms with van der Waals surface area (Å²) in [7, 11) is 0. The highest BCUT2D eigenvalue weighted by Gasteiger charge is 2.16. The molecule has 0 aliphatic heterocycles. The van der Waals surface area contributed by atoms with Crippen molar-refractivity contribution in [1.82, 2.24) is 0 Å². The predicted octanol–water partition coefficient (Wildman–Crippen LogP) is 6.77. The highest BCUT2D eigenvalue weighted by Crippen LogP contribution is 2.34. The number of nitrogens with zero attached hydrogens (tertiary/aromatic N) is 1. The van der Waals surface area contributed by atoms with Crippen LogP contribution < -0.4 is 10.1 Å². The minimum Gasteiger partial charge on any atom is -0.491 e. The summed E-state index contributed by atoms with van der Waals surface area (Å²) in [5, 5.41) is 17.3. The summed E-state index contributed by atoms with van der Waals surface area (Å²) in [6.45, 7) is 7.53. The van der Waals surface area contributed by atoms with Crippen LogP contribution in [0.3, 0.4) is 0 Å². The first kappa shape index (κ1) is 20.6. The molecule has 5 nitrogen and oxygen atoms in total. The third-order valence-electron chi connectivity index (χ3n) is 4.52. The number of benzene rings is 3. The van der Waals surface area contributed by atoms with Gasteiger partial charge in [-0.05, 0) is 86.8 Å². The van der Waals surface area contributed by atoms with Gasteiger partial charge in [0.25, 0.3) is 0 Å². The summed E-state index contributed by atoms with van der Waals surface area (Å²) in [5.41, 5.74) is 11.6. The van der Waals surface area contributed by atoms with Crippen LogP contribution in [-0.2, 0) is 5.60 Å². The van der Waals surface area contributed by atoms with Gasteiger partial charge in [0, 0.05) is 5.69 Å². The van der Waals surface area contributed by atoms with Crippen LogP contribution in [0.2, 0.25) is 0 Å². The molecule has 0 aromatic heterocycles. The Morgan fingerprint density at radius 1 is 0.966 bits per heavy atom. The van der Waals surface area contributed by atoms with E-state index in [-0.39, 0.29) is 6.10 Å². The van der Waals surface area contributed by atoms with Crippen LogP contribution in [0.5, 0.6) is 5.75 Å². The highest BCUT2D eigenvalue weighted by molar-refractivity contribution is 5.79. The molecule has 0 unspecified atom stereocenters. The molecule has 0 bridgehead atoms. The molecule has 3 rings (SSSR count). The van der Waals surface area contributed by atoms with E-state index in [1.165, 1.54) is 0 Å². The van der Waals surface area contributed by atoms with Gasteiger partial charge in [-0.1, -0.05) is 24.3 Å². The summed E-state index contributed by atoms with van der Waals surface area (Å²) in [4.78, 5) is 0. The van der Waals surface area contributed by atoms with Crippen molar-refractivity contribution in [3.8, 4) is 16.9 Å². The van der Waals surface area contributed by atoms with Crippen molar-refractivity contribution >= 4 is 17.1 Å². The molecule has 0 atom stereocenters. The first-order chi connectivity index (χ1) is 13.8. The third-order valence-corrected chi connectivity index (χ3v) is 4.52. The smallest absolute Gasteiger partial charge is 0.119 e. The van der Waals surface area contributed by atoms with Gasteiger partial charge in [0.05, 0.1) is 17.4 Å². The van der Waals surface area contributed by atoms with E-state index in [1.54, 1.807) is 13.8 Å². The Bertz CT molecular complexity index is 990. The van der Waals surface area contributed by atoms with Crippen LogP contribution >= 0.6 is 0 Å². The lowest BCUT2D eigenvalue weighted by Crippen LogP contribution is -2.15. The number of rotatable bonds is 7. The fraction of sp³-hybridized carbons (Fsp3) is 0.250. The van der Waals surface area contributed by atoms with Gasteiger partial charge in [-0.3, -0.25) is 0 Å². The second kappa shape index (κ2) is 8.45. The highest BCUT2D eigenvalue weighted by atomic mass is 16.5. The molecule has 3 N–H and O–H groups in total. The molecule has 0 amide bonds. The Balaban J connectivity index is 1.91. The second-order valence-corrected chi connectivity index (χ2v) is 7.80. The van der Waals surface area contributed by atoms with Crippen molar-refractivity contribution in [2.45, 2.75) is 39.4 Å². The zero-order valence-electron chi connectivity index (χ0n) is 17.2. The standard InChI is InChI=1S/C24H27N3O2/c1-16(2)29-21-11-9-20(10-12-21)26-23-15-18(8-13-22(23)27-25)17-6-5-7-19(14-17)24(3,4)28/h5-16,25-26,28H,1-4H3. The van der Waals surface area contributed by atoms with Gasteiger partial charge < -0.3 is 15.2 Å². The van der Waals surface area contributed by atoms with Gasteiger partial charge in [-0.2, -0.15) is 5.11 Å². The lowest BCUT2D eigenvalue weighted by atomic mass is 9.94. The maximum Gasteiger partial charge on any atom is 0.119 e. The van der Waals surface area contributed by atoms with Crippen LogP contribution in [0, 0.1) is 5.53 Å². The SMILES string of the molecule is CC(C)Oc1ccc(Nc2cc(-c3cccc(C(C)(C)O)c3)ccc2N=N)cc1. The van der Waals surface area contributed by atoms with E-state index in [2.05, 4.69) is 10.4 Å². The lowest BCUT2D eigenvalue weighted by molar-refractivity contribution is 0.0786. The van der Waals surface area contributed by atoms with Crippen LogP contribution in [0.4, 0.5) is 17.1 Å². The quantitative estimate of drug-likeness (QED) is 0.390. The topological polar surface area (TPSA) is 77.7 Å². The van der Waals surface area contributed by atoms with Crippen molar-refractivity contribution in [2.24, 2.45) is 5.11 Å². The molecule has 0 aliphatic rings. The van der Waals surface area contributed by atoms with Crippen molar-refractivity contribution in [1.29, 1.82) is 5.53 Å². The fourth-order valence-electron chi connectivity index (χ4n) is 3.04. The lowest BCUT2D eigenvalue weighted by Gasteiger charge is -2.19. The molecule has 0 spiro atoms. The Hall–Kier alpha value is -3.18. The second-order valence-electron chi connectivity index (χ2n) is 7.80. The van der Waals surface area contributed by atoms with E-state index in [4.69, 9.17) is 10.3 Å². The third kappa shape index (κ3) is 5.21. The molecule has 3 aromatic rings. The Labute approximate surface area is 171 Å². The molecule has 0 aliphatic carbocycles. The molecule has 0 saturated carbocycles. The number of aliphatic hydroxyl groups is 1. The molecule has 3 aromatic carbocycles. The van der Waals surface area contributed by atoms with Gasteiger partial charge in [-0.15, -0.1) is 0 Å². The molecular weight excluding hydrogens is 362 g/mol. The van der Waals surface area contributed by atoms with Crippen molar-refractivity contribution in [3.63, 3.8) is 0 Å². The maximum absolute atomic E-state index is 10.3. The van der Waals surface area contributed by atoms with Gasteiger partial charge in [0.2, 0.25) is 0 Å². The van der Waals surface area contributed by atoms with E-state index in [0.717, 1.165) is 33.8 Å². The predicted molar refractivity (Wildman–Crippen MR) is 117 cm³/mol. The normalized spacial score (nSPS) is 11.4. The van der Waals surface area contributed by atoms with Crippen molar-refractivity contribution in [3.05, 3.63) is 72.3 Å². The summed E-state index contributed by atoms with van der Waals surface area (Å²) in [5.74, 6) is 0.813. The van der Waals surface area contributed by atoms with Crippen LogP contribution in [-0.4, -0.2) is 11.2 Å². The molecule has 0 saturated heterocycles. The average molecular weight is 389 g/mol. The molecule has 5 heteroatoms. The number of anilines is 2. The summed E-state index contributed by atoms with van der Waals surface area (Å²) in [6.07, 6.45) is 0.124. The summed E-state index contributed by atoms with van der Waals surface area (Å²) < 4.78 is 5.68. The summed E-state index contributed by atoms with van der Waals surface area (Å²) >= 11 is 0. The molecule has 0 radical (unpaired) electrons. The van der Waals surface area contributed by atoms with Gasteiger partial charge in [0.1, 0.15) is 11.4 Å². The van der Waals surface area contributed by atoms with Crippen molar-refractivity contribution in [2.75, 3.05) is 5.32 Å². The summed E-state index contributed by atoms with van der Waals surface area (Å²) in [6, 6.07) is 21.3. The number of nitrogens with one attached hydrogen (secondary N) is 2. The van der Waals surface area contributed by atoms with E-state index < -0.39 is 5.60 Å².